The summed E-state index contributed by atoms with van der Waals surface area (Å²) in [5.74, 6) is -0.277. The number of primary sulfonamides is 1. The van der Waals surface area contributed by atoms with Crippen molar-refractivity contribution in [2.75, 3.05) is 12.4 Å². The lowest BCUT2D eigenvalue weighted by Gasteiger charge is -2.11. The molecule has 1 amide bonds. The number of carbonyl (C=O) groups excluding carboxylic acids is 1. The van der Waals surface area contributed by atoms with Crippen molar-refractivity contribution in [3.8, 4) is 5.75 Å². The molecule has 0 unspecified atom stereocenters. The zero-order valence-electron chi connectivity index (χ0n) is 12.5. The van der Waals surface area contributed by atoms with E-state index in [4.69, 9.17) is 33.1 Å². The van der Waals surface area contributed by atoms with Crippen molar-refractivity contribution in [1.29, 1.82) is 0 Å². The van der Waals surface area contributed by atoms with Crippen LogP contribution in [0.3, 0.4) is 0 Å². The second-order valence-electron chi connectivity index (χ2n) is 4.87. The summed E-state index contributed by atoms with van der Waals surface area (Å²) in [6.45, 7) is 0. The molecule has 0 spiro atoms. The number of amides is 1. The number of anilines is 1. The third-order valence-electron chi connectivity index (χ3n) is 3.12. The predicted molar refractivity (Wildman–Crippen MR) is 93.2 cm³/mol. The maximum Gasteiger partial charge on any atom is 0.241 e. The van der Waals surface area contributed by atoms with Crippen molar-refractivity contribution in [2.24, 2.45) is 5.14 Å². The zero-order chi connectivity index (χ0) is 17.9. The number of carbonyl (C=O) groups is 1. The highest BCUT2D eigenvalue weighted by atomic mass is 35.5. The van der Waals surface area contributed by atoms with E-state index in [1.54, 1.807) is 12.1 Å². The Balaban J connectivity index is 2.20. The summed E-state index contributed by atoms with van der Waals surface area (Å²) in [5.41, 5.74) is 0.869. The minimum atomic E-state index is -3.99. The summed E-state index contributed by atoms with van der Waals surface area (Å²) >= 11 is 11.8. The number of rotatable bonds is 5. The van der Waals surface area contributed by atoms with Gasteiger partial charge in [-0.1, -0.05) is 29.3 Å². The van der Waals surface area contributed by atoms with E-state index in [0.29, 0.717) is 15.6 Å². The van der Waals surface area contributed by atoms with Crippen LogP contribution in [0, 0.1) is 0 Å². The molecular formula is C15H14Cl2N2O4S. The fourth-order valence-corrected chi connectivity index (χ4v) is 3.22. The van der Waals surface area contributed by atoms with E-state index < -0.39 is 10.0 Å². The molecule has 0 fully saturated rings. The van der Waals surface area contributed by atoms with E-state index in [-0.39, 0.29) is 28.7 Å². The van der Waals surface area contributed by atoms with Gasteiger partial charge in [-0.25, -0.2) is 13.6 Å². The van der Waals surface area contributed by atoms with Crippen LogP contribution in [0.4, 0.5) is 5.69 Å². The van der Waals surface area contributed by atoms with Crippen LogP contribution in [0.15, 0.2) is 41.3 Å². The van der Waals surface area contributed by atoms with Gasteiger partial charge in [0.05, 0.1) is 13.5 Å². The molecule has 0 saturated heterocycles. The van der Waals surface area contributed by atoms with Gasteiger partial charge in [0.25, 0.3) is 0 Å². The van der Waals surface area contributed by atoms with Crippen molar-refractivity contribution >= 4 is 44.8 Å². The smallest absolute Gasteiger partial charge is 0.241 e. The topological polar surface area (TPSA) is 98.5 Å². The third kappa shape index (κ3) is 4.61. The number of hydrogen-bond acceptors (Lipinski definition) is 4. The molecule has 0 bridgehead atoms. The normalized spacial score (nSPS) is 11.2. The molecule has 6 nitrogen and oxygen atoms in total. The molecular weight excluding hydrogens is 375 g/mol. The van der Waals surface area contributed by atoms with Crippen molar-refractivity contribution in [1.82, 2.24) is 0 Å². The van der Waals surface area contributed by atoms with Gasteiger partial charge in [0.1, 0.15) is 10.6 Å². The molecule has 3 N–H and O–H groups in total. The van der Waals surface area contributed by atoms with E-state index in [1.807, 2.05) is 0 Å². The molecule has 0 atom stereocenters. The Bertz CT molecular complexity index is 885. The van der Waals surface area contributed by atoms with Gasteiger partial charge < -0.3 is 10.1 Å². The second kappa shape index (κ2) is 7.40. The monoisotopic (exact) mass is 388 g/mol. The van der Waals surface area contributed by atoms with Gasteiger partial charge in [-0.3, -0.25) is 4.79 Å². The second-order valence-corrected chi connectivity index (χ2v) is 7.24. The van der Waals surface area contributed by atoms with E-state index in [1.165, 1.54) is 31.4 Å². The number of nitrogens with two attached hydrogens (primary N) is 1. The maximum absolute atomic E-state index is 12.1. The summed E-state index contributed by atoms with van der Waals surface area (Å²) in [6, 6.07) is 8.96. The van der Waals surface area contributed by atoms with Crippen LogP contribution in [-0.2, 0) is 21.2 Å². The van der Waals surface area contributed by atoms with Crippen LogP contribution < -0.4 is 15.2 Å². The van der Waals surface area contributed by atoms with E-state index in [0.717, 1.165) is 0 Å². The van der Waals surface area contributed by atoms with Crippen LogP contribution in [0.25, 0.3) is 0 Å². The van der Waals surface area contributed by atoms with Gasteiger partial charge in [-0.2, -0.15) is 0 Å². The third-order valence-corrected chi connectivity index (χ3v) is 4.64. The molecule has 0 aliphatic carbocycles. The number of nitrogens with one attached hydrogen (secondary N) is 1. The molecule has 0 aliphatic rings. The van der Waals surface area contributed by atoms with Crippen molar-refractivity contribution in [3.63, 3.8) is 0 Å². The number of methoxy groups -OCH3 is 1. The van der Waals surface area contributed by atoms with Gasteiger partial charge >= 0.3 is 0 Å². The largest absolute Gasteiger partial charge is 0.495 e. The highest BCUT2D eigenvalue weighted by molar-refractivity contribution is 7.89. The SMILES string of the molecule is COc1ccc(NC(=O)Cc2ccc(Cl)cc2Cl)cc1S(N)(=O)=O. The van der Waals surface area contributed by atoms with Gasteiger partial charge in [0.15, 0.2) is 0 Å². The quantitative estimate of drug-likeness (QED) is 0.822. The van der Waals surface area contributed by atoms with E-state index >= 15 is 0 Å². The van der Waals surface area contributed by atoms with Crippen LogP contribution in [0.1, 0.15) is 5.56 Å². The Hall–Kier alpha value is -1.80. The lowest BCUT2D eigenvalue weighted by Crippen LogP contribution is -2.17. The Morgan fingerprint density at radius 2 is 1.92 bits per heavy atom. The minimum Gasteiger partial charge on any atom is -0.495 e. The highest BCUT2D eigenvalue weighted by Gasteiger charge is 2.16. The molecule has 0 radical (unpaired) electrons. The van der Waals surface area contributed by atoms with Crippen molar-refractivity contribution < 1.29 is 17.9 Å². The Morgan fingerprint density at radius 3 is 2.50 bits per heavy atom. The number of sulfonamides is 1. The molecule has 0 saturated carbocycles. The maximum atomic E-state index is 12.1. The summed E-state index contributed by atoms with van der Waals surface area (Å²) in [4.78, 5) is 11.9. The van der Waals surface area contributed by atoms with Crippen LogP contribution in [-0.4, -0.2) is 21.4 Å². The van der Waals surface area contributed by atoms with E-state index in [9.17, 15) is 13.2 Å². The summed E-state index contributed by atoms with van der Waals surface area (Å²) in [5, 5.41) is 8.57. The summed E-state index contributed by atoms with van der Waals surface area (Å²) in [7, 11) is -2.66. The predicted octanol–water partition coefficient (Wildman–Crippen LogP) is 2.83. The number of hydrogen-bond donors (Lipinski definition) is 2. The van der Waals surface area contributed by atoms with Crippen LogP contribution in [0.5, 0.6) is 5.75 Å². The zero-order valence-corrected chi connectivity index (χ0v) is 14.9. The lowest BCUT2D eigenvalue weighted by atomic mass is 10.1. The Morgan fingerprint density at radius 1 is 1.21 bits per heavy atom. The van der Waals surface area contributed by atoms with Crippen LogP contribution in [0.2, 0.25) is 10.0 Å². The van der Waals surface area contributed by atoms with E-state index in [2.05, 4.69) is 5.32 Å². The molecule has 0 aliphatic heterocycles. The fraction of sp³-hybridized carbons (Fsp3) is 0.133. The van der Waals surface area contributed by atoms with Gasteiger partial charge in [0.2, 0.25) is 15.9 Å². The molecule has 2 rings (SSSR count). The van der Waals surface area contributed by atoms with Gasteiger partial charge in [0, 0.05) is 15.7 Å². The molecule has 0 heterocycles. The minimum absolute atomic E-state index is 0.00669. The first-order valence-electron chi connectivity index (χ1n) is 6.65. The number of ether oxygens (including phenoxy) is 1. The Labute approximate surface area is 149 Å². The standard InChI is InChI=1S/C15H14Cl2N2O4S/c1-23-13-5-4-11(8-14(13)24(18,21)22)19-15(20)6-9-2-3-10(16)7-12(9)17/h2-5,7-8H,6H2,1H3,(H,19,20)(H2,18,21,22). The number of halogens is 2. The van der Waals surface area contributed by atoms with Crippen LogP contribution >= 0.6 is 23.2 Å². The molecule has 24 heavy (non-hydrogen) atoms. The average Bonchev–Trinajstić information content (AvgIpc) is 2.49. The van der Waals surface area contributed by atoms with Gasteiger partial charge in [-0.15, -0.1) is 0 Å². The lowest BCUT2D eigenvalue weighted by molar-refractivity contribution is -0.115. The Kier molecular flexibility index (Phi) is 5.71. The molecule has 9 heteroatoms. The summed E-state index contributed by atoms with van der Waals surface area (Å²) in [6.07, 6.45) is 0.00669. The van der Waals surface area contributed by atoms with Crippen molar-refractivity contribution in [3.05, 3.63) is 52.0 Å². The summed E-state index contributed by atoms with van der Waals surface area (Å²) < 4.78 is 28.1. The molecule has 2 aromatic rings. The molecule has 0 aromatic heterocycles. The van der Waals surface area contributed by atoms with Gasteiger partial charge in [-0.05, 0) is 35.9 Å². The first-order chi connectivity index (χ1) is 11.2. The average molecular weight is 389 g/mol. The first kappa shape index (κ1) is 18.5. The first-order valence-corrected chi connectivity index (χ1v) is 8.95. The molecule has 128 valence electrons. The fourth-order valence-electron chi connectivity index (χ4n) is 2.02. The highest BCUT2D eigenvalue weighted by Crippen LogP contribution is 2.26. The molecule has 2 aromatic carbocycles. The number of benzene rings is 2. The van der Waals surface area contributed by atoms with Crippen molar-refractivity contribution in [2.45, 2.75) is 11.3 Å².